The largest absolute Gasteiger partial charge is 0.306 e. The Morgan fingerprint density at radius 3 is 2.88 bits per heavy atom. The molecule has 1 saturated heterocycles. The summed E-state index contributed by atoms with van der Waals surface area (Å²) in [5.74, 6) is -0.0689. The first kappa shape index (κ1) is 12.1. The van der Waals surface area contributed by atoms with Gasteiger partial charge in [0.05, 0.1) is 12.6 Å². The van der Waals surface area contributed by atoms with Crippen molar-refractivity contribution in [3.05, 3.63) is 35.9 Å². The van der Waals surface area contributed by atoms with Crippen molar-refractivity contribution in [2.75, 3.05) is 6.54 Å². The Bertz CT molecular complexity index is 348. The van der Waals surface area contributed by atoms with Gasteiger partial charge in [0.15, 0.2) is 0 Å². The van der Waals surface area contributed by atoms with Gasteiger partial charge in [0.25, 0.3) is 5.91 Å². The minimum Gasteiger partial charge on any atom is -0.306 e. The van der Waals surface area contributed by atoms with Crippen LogP contribution in [0, 0.1) is 0 Å². The quantitative estimate of drug-likeness (QED) is 0.774. The second-order valence-corrected chi connectivity index (χ2v) is 4.24. The van der Waals surface area contributed by atoms with Crippen molar-refractivity contribution in [3.63, 3.8) is 0 Å². The third-order valence-electron chi connectivity index (χ3n) is 2.88. The molecule has 2 N–H and O–H groups in total. The summed E-state index contributed by atoms with van der Waals surface area (Å²) in [5.41, 5.74) is 3.55. The molecular weight excluding hydrogens is 216 g/mol. The predicted molar refractivity (Wildman–Crippen MR) is 65.0 cm³/mol. The zero-order valence-electron chi connectivity index (χ0n) is 9.82. The fraction of sp³-hybridized carbons (Fsp3) is 0.462. The lowest BCUT2D eigenvalue weighted by molar-refractivity contribution is -0.137. The second kappa shape index (κ2) is 6.37. The topological polar surface area (TPSA) is 50.4 Å². The molecule has 1 fully saturated rings. The van der Waals surface area contributed by atoms with Gasteiger partial charge in [-0.3, -0.25) is 9.63 Å². The van der Waals surface area contributed by atoms with Gasteiger partial charge in [0.2, 0.25) is 0 Å². The van der Waals surface area contributed by atoms with Crippen LogP contribution in [0.1, 0.15) is 24.8 Å². The molecule has 2 rings (SSSR count). The first-order valence-electron chi connectivity index (χ1n) is 6.05. The Kier molecular flexibility index (Phi) is 4.53. The van der Waals surface area contributed by atoms with Crippen LogP contribution in [0.15, 0.2) is 30.3 Å². The molecule has 0 spiro atoms. The average Bonchev–Trinajstić information content (AvgIpc) is 2.41. The first-order chi connectivity index (χ1) is 8.36. The van der Waals surface area contributed by atoms with Gasteiger partial charge in [0.1, 0.15) is 0 Å². The van der Waals surface area contributed by atoms with E-state index in [9.17, 15) is 4.79 Å². The Labute approximate surface area is 101 Å². The van der Waals surface area contributed by atoms with Gasteiger partial charge in [-0.2, -0.15) is 0 Å². The van der Waals surface area contributed by atoms with Crippen LogP contribution in [0.25, 0.3) is 0 Å². The summed E-state index contributed by atoms with van der Waals surface area (Å²) < 4.78 is 0. The smallest absolute Gasteiger partial charge is 0.260 e. The van der Waals surface area contributed by atoms with Crippen molar-refractivity contribution < 1.29 is 9.63 Å². The highest BCUT2D eigenvalue weighted by Crippen LogP contribution is 2.07. The number of hydrogen-bond acceptors (Lipinski definition) is 3. The van der Waals surface area contributed by atoms with Crippen molar-refractivity contribution in [2.45, 2.75) is 31.9 Å². The Morgan fingerprint density at radius 2 is 2.18 bits per heavy atom. The number of nitrogens with one attached hydrogen (secondary N) is 2. The van der Waals surface area contributed by atoms with Crippen LogP contribution >= 0.6 is 0 Å². The maximum Gasteiger partial charge on any atom is 0.260 e. The number of benzene rings is 1. The average molecular weight is 234 g/mol. The van der Waals surface area contributed by atoms with Gasteiger partial charge >= 0.3 is 0 Å². The number of carbonyl (C=O) groups is 1. The molecule has 4 nitrogen and oxygen atoms in total. The second-order valence-electron chi connectivity index (χ2n) is 4.24. The predicted octanol–water partition coefficient (Wildman–Crippen LogP) is 1.38. The van der Waals surface area contributed by atoms with E-state index in [4.69, 9.17) is 4.84 Å². The molecule has 0 radical (unpaired) electrons. The maximum absolute atomic E-state index is 11.7. The minimum absolute atomic E-state index is 0.0689. The third kappa shape index (κ3) is 3.84. The molecular formula is C13H18N2O2. The molecule has 1 atom stereocenters. The third-order valence-corrected chi connectivity index (χ3v) is 2.88. The van der Waals surface area contributed by atoms with E-state index in [0.717, 1.165) is 31.4 Å². The molecule has 1 heterocycles. The Hall–Kier alpha value is -1.39. The van der Waals surface area contributed by atoms with Crippen LogP contribution in [-0.2, 0) is 16.2 Å². The fourth-order valence-corrected chi connectivity index (χ4v) is 1.91. The number of hydrogen-bond donors (Lipinski definition) is 2. The Balaban J connectivity index is 1.69. The molecule has 0 unspecified atom stereocenters. The van der Waals surface area contributed by atoms with E-state index >= 15 is 0 Å². The van der Waals surface area contributed by atoms with Gasteiger partial charge in [-0.15, -0.1) is 0 Å². The zero-order valence-corrected chi connectivity index (χ0v) is 9.82. The SMILES string of the molecule is O=C(NOCc1ccccc1)[C@H]1CCCCN1. The number of piperidine rings is 1. The number of rotatable bonds is 4. The van der Waals surface area contributed by atoms with Crippen LogP contribution in [0.4, 0.5) is 0 Å². The highest BCUT2D eigenvalue weighted by Gasteiger charge is 2.20. The van der Waals surface area contributed by atoms with Crippen LogP contribution < -0.4 is 10.8 Å². The van der Waals surface area contributed by atoms with Crippen LogP contribution in [0.3, 0.4) is 0 Å². The van der Waals surface area contributed by atoms with Crippen LogP contribution in [0.5, 0.6) is 0 Å². The van der Waals surface area contributed by atoms with Gasteiger partial charge in [-0.1, -0.05) is 36.8 Å². The molecule has 1 aliphatic rings. The van der Waals surface area contributed by atoms with Crippen molar-refractivity contribution in [1.82, 2.24) is 10.8 Å². The summed E-state index contributed by atoms with van der Waals surface area (Å²) >= 11 is 0. The van der Waals surface area contributed by atoms with E-state index in [1.54, 1.807) is 0 Å². The van der Waals surface area contributed by atoms with Crippen LogP contribution in [0.2, 0.25) is 0 Å². The highest BCUT2D eigenvalue weighted by molar-refractivity contribution is 5.80. The number of amides is 1. The first-order valence-corrected chi connectivity index (χ1v) is 6.05. The monoisotopic (exact) mass is 234 g/mol. The lowest BCUT2D eigenvalue weighted by atomic mass is 10.1. The van der Waals surface area contributed by atoms with Crippen molar-refractivity contribution in [1.29, 1.82) is 0 Å². The summed E-state index contributed by atoms with van der Waals surface area (Å²) in [7, 11) is 0. The van der Waals surface area contributed by atoms with Gasteiger partial charge in [0, 0.05) is 0 Å². The maximum atomic E-state index is 11.7. The normalized spacial score (nSPS) is 19.9. The standard InChI is InChI=1S/C13H18N2O2/c16-13(12-8-4-5-9-14-12)15-17-10-11-6-2-1-3-7-11/h1-3,6-7,12,14H,4-5,8-10H2,(H,15,16)/t12-/m1/s1. The molecule has 4 heteroatoms. The minimum atomic E-state index is -0.0977. The lowest BCUT2D eigenvalue weighted by Gasteiger charge is -2.22. The summed E-state index contributed by atoms with van der Waals surface area (Å²) in [6, 6.07) is 9.68. The summed E-state index contributed by atoms with van der Waals surface area (Å²) in [6.07, 6.45) is 3.14. The molecule has 92 valence electrons. The van der Waals surface area contributed by atoms with E-state index in [0.29, 0.717) is 6.61 Å². The molecule has 1 aliphatic heterocycles. The van der Waals surface area contributed by atoms with Crippen LogP contribution in [-0.4, -0.2) is 18.5 Å². The van der Waals surface area contributed by atoms with Crippen molar-refractivity contribution in [3.8, 4) is 0 Å². The molecule has 1 aromatic carbocycles. The molecule has 0 bridgehead atoms. The van der Waals surface area contributed by atoms with E-state index in [1.165, 1.54) is 0 Å². The summed E-state index contributed by atoms with van der Waals surface area (Å²) in [5, 5.41) is 3.18. The van der Waals surface area contributed by atoms with Gasteiger partial charge in [-0.05, 0) is 24.9 Å². The van der Waals surface area contributed by atoms with E-state index < -0.39 is 0 Å². The number of carbonyl (C=O) groups excluding carboxylic acids is 1. The molecule has 0 saturated carbocycles. The lowest BCUT2D eigenvalue weighted by Crippen LogP contribution is -2.46. The van der Waals surface area contributed by atoms with E-state index in [1.807, 2.05) is 30.3 Å². The summed E-state index contributed by atoms with van der Waals surface area (Å²) in [6.45, 7) is 1.32. The van der Waals surface area contributed by atoms with Gasteiger partial charge < -0.3 is 5.32 Å². The highest BCUT2D eigenvalue weighted by atomic mass is 16.6. The molecule has 1 aromatic rings. The molecule has 1 amide bonds. The van der Waals surface area contributed by atoms with Crippen molar-refractivity contribution in [2.24, 2.45) is 0 Å². The molecule has 0 aromatic heterocycles. The zero-order chi connectivity index (χ0) is 11.9. The fourth-order valence-electron chi connectivity index (χ4n) is 1.91. The summed E-state index contributed by atoms with van der Waals surface area (Å²) in [4.78, 5) is 16.9. The van der Waals surface area contributed by atoms with Gasteiger partial charge in [-0.25, -0.2) is 5.48 Å². The molecule has 17 heavy (non-hydrogen) atoms. The number of hydroxylamine groups is 1. The van der Waals surface area contributed by atoms with Crippen molar-refractivity contribution >= 4 is 5.91 Å². The Morgan fingerprint density at radius 1 is 1.35 bits per heavy atom. The van der Waals surface area contributed by atoms with E-state index in [2.05, 4.69) is 10.8 Å². The molecule has 0 aliphatic carbocycles. The van der Waals surface area contributed by atoms with E-state index in [-0.39, 0.29) is 11.9 Å².